The number of esters is 1. The second kappa shape index (κ2) is 9.23. The Kier molecular flexibility index (Phi) is 6.67. The summed E-state index contributed by atoms with van der Waals surface area (Å²) in [6.45, 7) is 10.5. The van der Waals surface area contributed by atoms with Crippen LogP contribution >= 0.6 is 22.9 Å². The number of carbonyl (C=O) groups excluding carboxylic acids is 2. The first kappa shape index (κ1) is 24.6. The first-order valence-electron chi connectivity index (χ1n) is 11.3. The van der Waals surface area contributed by atoms with Gasteiger partial charge in [-0.2, -0.15) is 0 Å². The summed E-state index contributed by atoms with van der Waals surface area (Å²) in [6, 6.07) is 7.62. The van der Waals surface area contributed by atoms with Crippen LogP contribution in [0, 0.1) is 19.3 Å². The molecule has 5 nitrogen and oxygen atoms in total. The molecule has 1 aromatic carbocycles. The molecule has 4 rings (SSSR count). The largest absolute Gasteiger partial charge is 0.489 e. The minimum atomic E-state index is -0.443. The Labute approximate surface area is 209 Å². The standard InChI is InChI=1S/C27H30ClNO4S/c1-14-9-18(28)7-8-21(14)33-13-17-10-22(34-16(17)3)25-23(26(31)32-6)15(2)29-19-11-27(4,5)12-20(30)24(19)25/h7-10,25,29H,11-13H2,1-6H3. The zero-order valence-corrected chi connectivity index (χ0v) is 22.0. The number of thiophene rings is 1. The third-order valence-corrected chi connectivity index (χ3v) is 7.88. The zero-order chi connectivity index (χ0) is 24.8. The van der Waals surface area contributed by atoms with Crippen molar-refractivity contribution in [1.29, 1.82) is 0 Å². The molecule has 2 aromatic rings. The number of halogens is 1. The van der Waals surface area contributed by atoms with Crippen molar-refractivity contribution in [2.75, 3.05) is 7.11 Å². The number of benzene rings is 1. The molecule has 1 atom stereocenters. The summed E-state index contributed by atoms with van der Waals surface area (Å²) in [5.74, 6) is -0.000713. The van der Waals surface area contributed by atoms with E-state index in [9.17, 15) is 9.59 Å². The Morgan fingerprint density at radius 1 is 1.21 bits per heavy atom. The lowest BCUT2D eigenvalue weighted by Crippen LogP contribution is -2.38. The molecule has 34 heavy (non-hydrogen) atoms. The van der Waals surface area contributed by atoms with Crippen LogP contribution in [0.3, 0.4) is 0 Å². The van der Waals surface area contributed by atoms with Crippen molar-refractivity contribution in [2.24, 2.45) is 5.41 Å². The molecule has 0 saturated carbocycles. The molecule has 1 aliphatic carbocycles. The van der Waals surface area contributed by atoms with Crippen LogP contribution in [-0.2, 0) is 20.9 Å². The maximum absolute atomic E-state index is 13.4. The normalized spacial score (nSPS) is 19.6. The molecule has 7 heteroatoms. The van der Waals surface area contributed by atoms with Crippen LogP contribution in [0.4, 0.5) is 0 Å². The first-order chi connectivity index (χ1) is 16.0. The predicted molar refractivity (Wildman–Crippen MR) is 135 cm³/mol. The summed E-state index contributed by atoms with van der Waals surface area (Å²) in [6.07, 6.45) is 1.21. The van der Waals surface area contributed by atoms with E-state index in [1.807, 2.05) is 39.0 Å². The van der Waals surface area contributed by atoms with E-state index in [0.717, 1.165) is 44.4 Å². The van der Waals surface area contributed by atoms with Gasteiger partial charge in [-0.3, -0.25) is 4.79 Å². The number of allylic oxidation sites excluding steroid dienone is 3. The maximum atomic E-state index is 13.4. The fourth-order valence-corrected chi connectivity index (χ4v) is 6.25. The molecule has 1 N–H and O–H groups in total. The number of methoxy groups -OCH3 is 1. The Morgan fingerprint density at radius 2 is 1.94 bits per heavy atom. The van der Waals surface area contributed by atoms with E-state index in [2.05, 4.69) is 25.2 Å². The van der Waals surface area contributed by atoms with Crippen LogP contribution in [0.5, 0.6) is 5.75 Å². The van der Waals surface area contributed by atoms with Crippen molar-refractivity contribution in [1.82, 2.24) is 5.32 Å². The van der Waals surface area contributed by atoms with Crippen molar-refractivity contribution in [3.05, 3.63) is 72.7 Å². The van der Waals surface area contributed by atoms with Gasteiger partial charge in [0.15, 0.2) is 5.78 Å². The molecule has 180 valence electrons. The second-order valence-electron chi connectivity index (χ2n) is 9.85. The minimum absolute atomic E-state index is 0.0818. The van der Waals surface area contributed by atoms with Gasteiger partial charge in [0.2, 0.25) is 0 Å². The van der Waals surface area contributed by atoms with Gasteiger partial charge in [0, 0.05) is 43.7 Å². The minimum Gasteiger partial charge on any atom is -0.489 e. The molecular formula is C27H30ClNO4S. The number of ketones is 1. The molecule has 0 radical (unpaired) electrons. The quantitative estimate of drug-likeness (QED) is 0.484. The number of Topliss-reactive ketones (excluding diaryl/α,β-unsaturated/α-hetero) is 1. The average molecular weight is 500 g/mol. The molecule has 0 amide bonds. The SMILES string of the molecule is COC(=O)C1=C(C)NC2=C(C(=O)CC(C)(C)C2)C1c1cc(COc2ccc(Cl)cc2C)c(C)s1. The number of hydrogen-bond donors (Lipinski definition) is 1. The highest BCUT2D eigenvalue weighted by molar-refractivity contribution is 7.12. The fraction of sp³-hybridized carbons (Fsp3) is 0.407. The maximum Gasteiger partial charge on any atom is 0.336 e. The zero-order valence-electron chi connectivity index (χ0n) is 20.4. The smallest absolute Gasteiger partial charge is 0.336 e. The summed E-state index contributed by atoms with van der Waals surface area (Å²) < 4.78 is 11.2. The Hall–Kier alpha value is -2.57. The number of rotatable bonds is 5. The van der Waals surface area contributed by atoms with Crippen LogP contribution in [-0.4, -0.2) is 18.9 Å². The Balaban J connectivity index is 1.72. The molecule has 0 fully saturated rings. The van der Waals surface area contributed by atoms with Crippen molar-refractivity contribution >= 4 is 34.7 Å². The number of nitrogens with one attached hydrogen (secondary N) is 1. The molecule has 0 spiro atoms. The van der Waals surface area contributed by atoms with Gasteiger partial charge < -0.3 is 14.8 Å². The molecule has 1 aliphatic heterocycles. The Morgan fingerprint density at radius 3 is 2.62 bits per heavy atom. The summed E-state index contributed by atoms with van der Waals surface area (Å²) in [5, 5.41) is 4.03. The van der Waals surface area contributed by atoms with E-state index < -0.39 is 11.9 Å². The number of carbonyl (C=O) groups is 2. The van der Waals surface area contributed by atoms with Crippen molar-refractivity contribution in [3.63, 3.8) is 0 Å². The first-order valence-corrected chi connectivity index (χ1v) is 12.5. The summed E-state index contributed by atoms with van der Waals surface area (Å²) >= 11 is 7.66. The van der Waals surface area contributed by atoms with E-state index in [0.29, 0.717) is 29.2 Å². The van der Waals surface area contributed by atoms with E-state index >= 15 is 0 Å². The lowest BCUT2D eigenvalue weighted by molar-refractivity contribution is -0.136. The van der Waals surface area contributed by atoms with E-state index in [4.69, 9.17) is 21.1 Å². The van der Waals surface area contributed by atoms with Gasteiger partial charge in [-0.25, -0.2) is 4.79 Å². The number of aryl methyl sites for hydroxylation is 2. The molecule has 1 aromatic heterocycles. The second-order valence-corrected chi connectivity index (χ2v) is 11.6. The highest BCUT2D eigenvalue weighted by Crippen LogP contribution is 2.48. The summed E-state index contributed by atoms with van der Waals surface area (Å²) in [4.78, 5) is 28.2. The highest BCUT2D eigenvalue weighted by atomic mass is 35.5. The molecule has 2 heterocycles. The van der Waals surface area contributed by atoms with Crippen LogP contribution < -0.4 is 10.1 Å². The topological polar surface area (TPSA) is 64.6 Å². The third-order valence-electron chi connectivity index (χ3n) is 6.49. The fourth-order valence-electron chi connectivity index (χ4n) is 4.86. The van der Waals surface area contributed by atoms with Gasteiger partial charge in [-0.1, -0.05) is 25.4 Å². The van der Waals surface area contributed by atoms with Crippen LogP contribution in [0.1, 0.15) is 60.4 Å². The number of hydrogen-bond acceptors (Lipinski definition) is 6. The number of ether oxygens (including phenoxy) is 2. The van der Waals surface area contributed by atoms with Gasteiger partial charge in [0.05, 0.1) is 18.6 Å². The van der Waals surface area contributed by atoms with Gasteiger partial charge >= 0.3 is 5.97 Å². The van der Waals surface area contributed by atoms with Gasteiger partial charge in [-0.05, 0) is 62.4 Å². The van der Waals surface area contributed by atoms with E-state index in [-0.39, 0.29) is 11.2 Å². The monoisotopic (exact) mass is 499 g/mol. The van der Waals surface area contributed by atoms with Crippen LogP contribution in [0.25, 0.3) is 0 Å². The van der Waals surface area contributed by atoms with Crippen LogP contribution in [0.15, 0.2) is 46.8 Å². The molecule has 1 unspecified atom stereocenters. The predicted octanol–water partition coefficient (Wildman–Crippen LogP) is 6.37. The van der Waals surface area contributed by atoms with E-state index in [1.165, 1.54) is 7.11 Å². The van der Waals surface area contributed by atoms with Crippen molar-refractivity contribution < 1.29 is 19.1 Å². The van der Waals surface area contributed by atoms with Gasteiger partial charge in [0.25, 0.3) is 0 Å². The van der Waals surface area contributed by atoms with Crippen molar-refractivity contribution in [3.8, 4) is 5.75 Å². The lowest BCUT2D eigenvalue weighted by Gasteiger charge is -2.39. The molecule has 0 bridgehead atoms. The Bertz CT molecular complexity index is 1240. The summed E-state index contributed by atoms with van der Waals surface area (Å²) in [7, 11) is 1.38. The molecular weight excluding hydrogens is 470 g/mol. The van der Waals surface area contributed by atoms with Gasteiger partial charge in [0.1, 0.15) is 12.4 Å². The third kappa shape index (κ3) is 4.66. The van der Waals surface area contributed by atoms with E-state index in [1.54, 1.807) is 11.3 Å². The molecule has 0 saturated heterocycles. The highest BCUT2D eigenvalue weighted by Gasteiger charge is 2.43. The lowest BCUT2D eigenvalue weighted by atomic mass is 9.70. The summed E-state index contributed by atoms with van der Waals surface area (Å²) in [5.41, 5.74) is 4.70. The van der Waals surface area contributed by atoms with Crippen LogP contribution in [0.2, 0.25) is 5.02 Å². The van der Waals surface area contributed by atoms with Crippen molar-refractivity contribution in [2.45, 2.75) is 60.0 Å². The van der Waals surface area contributed by atoms with Gasteiger partial charge in [-0.15, -0.1) is 11.3 Å². The number of dihydropyridines is 1. The average Bonchev–Trinajstić information content (AvgIpc) is 3.11. The molecule has 2 aliphatic rings.